The average Bonchev–Trinajstić information content (AvgIpc) is 3.28. The summed E-state index contributed by atoms with van der Waals surface area (Å²) in [5.74, 6) is 0.812. The molecule has 2 aliphatic heterocycles. The van der Waals surface area contributed by atoms with Crippen LogP contribution < -0.4 is 10.6 Å². The number of carbonyl (C=O) groups is 1. The van der Waals surface area contributed by atoms with Crippen LogP contribution in [-0.4, -0.2) is 87.0 Å². The second kappa shape index (κ2) is 13.4. The monoisotopic (exact) mass is 565 g/mol. The van der Waals surface area contributed by atoms with Gasteiger partial charge in [-0.3, -0.25) is 9.89 Å². The van der Waals surface area contributed by atoms with Gasteiger partial charge in [0, 0.05) is 50.7 Å². The van der Waals surface area contributed by atoms with Gasteiger partial charge in [-0.15, -0.1) is 35.3 Å². The number of amides is 1. The maximum absolute atomic E-state index is 11.9. The number of nitrogens with one attached hydrogen (secondary N) is 2. The molecule has 1 aromatic rings. The van der Waals surface area contributed by atoms with Crippen LogP contribution in [0.3, 0.4) is 0 Å². The minimum Gasteiger partial charge on any atom is -0.450 e. The Morgan fingerprint density at radius 3 is 2.77 bits per heavy atom. The van der Waals surface area contributed by atoms with Gasteiger partial charge in [-0.05, 0) is 38.1 Å². The van der Waals surface area contributed by atoms with Crippen molar-refractivity contribution in [3.05, 3.63) is 22.4 Å². The van der Waals surface area contributed by atoms with Gasteiger partial charge in [0.1, 0.15) is 0 Å². The molecule has 0 aliphatic carbocycles. The summed E-state index contributed by atoms with van der Waals surface area (Å²) in [7, 11) is 1.81. The molecule has 0 bridgehead atoms. The number of piperidine rings is 1. The molecule has 0 radical (unpaired) electrons. The smallest absolute Gasteiger partial charge is 0.409 e. The van der Waals surface area contributed by atoms with Crippen molar-refractivity contribution in [3.63, 3.8) is 0 Å². The fourth-order valence-electron chi connectivity index (χ4n) is 4.02. The number of morpholine rings is 1. The first kappa shape index (κ1) is 26.1. The van der Waals surface area contributed by atoms with Gasteiger partial charge in [0.25, 0.3) is 0 Å². The molecule has 1 amide bonds. The lowest BCUT2D eigenvalue weighted by molar-refractivity contribution is -0.0334. The Kier molecular flexibility index (Phi) is 11.3. The second-order valence-electron chi connectivity index (χ2n) is 7.77. The molecule has 2 unspecified atom stereocenters. The summed E-state index contributed by atoms with van der Waals surface area (Å²) in [5.41, 5.74) is 0. The number of likely N-dealkylation sites (tertiary alicyclic amines) is 1. The number of thiophene rings is 1. The molecule has 3 heterocycles. The van der Waals surface area contributed by atoms with Crippen LogP contribution in [-0.2, 0) is 9.47 Å². The molecular weight excluding hydrogens is 529 g/mol. The quantitative estimate of drug-likeness (QED) is 0.314. The van der Waals surface area contributed by atoms with Gasteiger partial charge in [-0.1, -0.05) is 6.07 Å². The van der Waals surface area contributed by atoms with E-state index in [1.807, 2.05) is 6.92 Å². The van der Waals surface area contributed by atoms with Crippen molar-refractivity contribution < 1.29 is 14.3 Å². The van der Waals surface area contributed by atoms with Crippen molar-refractivity contribution in [1.29, 1.82) is 0 Å². The molecule has 2 aliphatic rings. The van der Waals surface area contributed by atoms with Crippen molar-refractivity contribution in [1.82, 2.24) is 20.4 Å². The standard InChI is InChI=1S/C21H35N5O3S.HI/c1-4-28-21(27)25-9-7-17(8-10-25)24-20(22-3)23-14-18(19-6-5-13-30-19)26-11-12-29-16(2)15-26;/h5-6,13,16-18H,4,7-12,14-15H2,1-3H3,(H2,22,23,24);1H. The van der Waals surface area contributed by atoms with E-state index in [1.54, 1.807) is 23.3 Å². The minimum absolute atomic E-state index is 0. The molecule has 2 N–H and O–H groups in total. The summed E-state index contributed by atoms with van der Waals surface area (Å²) in [5, 5.41) is 9.19. The zero-order valence-electron chi connectivity index (χ0n) is 18.7. The van der Waals surface area contributed by atoms with E-state index in [1.165, 1.54) is 4.88 Å². The van der Waals surface area contributed by atoms with Gasteiger partial charge in [0.2, 0.25) is 0 Å². The molecule has 10 heteroatoms. The summed E-state index contributed by atoms with van der Waals surface area (Å²) in [6.07, 6.45) is 1.81. The van der Waals surface area contributed by atoms with Crippen LogP contribution in [0.4, 0.5) is 4.79 Å². The number of guanidine groups is 1. The van der Waals surface area contributed by atoms with Crippen LogP contribution in [0.2, 0.25) is 0 Å². The molecule has 0 spiro atoms. The number of rotatable bonds is 6. The summed E-state index contributed by atoms with van der Waals surface area (Å²) >= 11 is 1.80. The normalized spacial score (nSPS) is 21.8. The Morgan fingerprint density at radius 1 is 1.39 bits per heavy atom. The molecule has 1 aromatic heterocycles. The topological polar surface area (TPSA) is 78.4 Å². The van der Waals surface area contributed by atoms with Gasteiger partial charge < -0.3 is 25.0 Å². The number of hydrogen-bond acceptors (Lipinski definition) is 6. The second-order valence-corrected chi connectivity index (χ2v) is 8.74. The maximum atomic E-state index is 11.9. The fraction of sp³-hybridized carbons (Fsp3) is 0.714. The summed E-state index contributed by atoms with van der Waals surface area (Å²) in [6, 6.07) is 4.91. The summed E-state index contributed by atoms with van der Waals surface area (Å²) in [6.45, 7) is 9.23. The van der Waals surface area contributed by atoms with E-state index in [0.29, 0.717) is 31.8 Å². The van der Waals surface area contributed by atoms with Gasteiger partial charge in [0.05, 0.1) is 25.4 Å². The lowest BCUT2D eigenvalue weighted by atomic mass is 10.1. The molecule has 2 saturated heterocycles. The van der Waals surface area contributed by atoms with E-state index in [-0.39, 0.29) is 36.2 Å². The van der Waals surface area contributed by atoms with Crippen LogP contribution >= 0.6 is 35.3 Å². The first-order valence-electron chi connectivity index (χ1n) is 10.9. The van der Waals surface area contributed by atoms with Crippen LogP contribution in [0.1, 0.15) is 37.6 Å². The van der Waals surface area contributed by atoms with E-state index < -0.39 is 0 Å². The SMILES string of the molecule is CCOC(=O)N1CCC(NC(=NC)NCC(c2cccs2)N2CCOC(C)C2)CC1.I. The molecular formula is C21H36IN5O3S. The summed E-state index contributed by atoms with van der Waals surface area (Å²) < 4.78 is 10.8. The Morgan fingerprint density at radius 2 is 2.16 bits per heavy atom. The van der Waals surface area contributed by atoms with Crippen molar-refractivity contribution in [2.75, 3.05) is 53.0 Å². The molecule has 176 valence electrons. The molecule has 31 heavy (non-hydrogen) atoms. The van der Waals surface area contributed by atoms with Gasteiger partial charge >= 0.3 is 6.09 Å². The largest absolute Gasteiger partial charge is 0.450 e. The zero-order chi connectivity index (χ0) is 21.3. The Hall–Kier alpha value is -1.11. The first-order valence-corrected chi connectivity index (χ1v) is 11.8. The number of carbonyl (C=O) groups excluding carboxylic acids is 1. The molecule has 0 aromatic carbocycles. The zero-order valence-corrected chi connectivity index (χ0v) is 21.9. The lowest BCUT2D eigenvalue weighted by Gasteiger charge is -2.37. The Labute approximate surface area is 206 Å². The van der Waals surface area contributed by atoms with Gasteiger partial charge in [-0.2, -0.15) is 0 Å². The first-order chi connectivity index (χ1) is 14.6. The van der Waals surface area contributed by atoms with Crippen molar-refractivity contribution in [2.45, 2.75) is 44.9 Å². The van der Waals surface area contributed by atoms with Gasteiger partial charge in [0.15, 0.2) is 5.96 Å². The Balaban J connectivity index is 0.00000341. The maximum Gasteiger partial charge on any atom is 0.409 e. The average molecular weight is 566 g/mol. The van der Waals surface area contributed by atoms with Crippen molar-refractivity contribution in [2.24, 2.45) is 4.99 Å². The van der Waals surface area contributed by atoms with E-state index in [0.717, 1.165) is 45.0 Å². The lowest BCUT2D eigenvalue weighted by Crippen LogP contribution is -2.52. The molecule has 3 rings (SSSR count). The highest BCUT2D eigenvalue weighted by atomic mass is 127. The van der Waals surface area contributed by atoms with Gasteiger partial charge in [-0.25, -0.2) is 4.79 Å². The Bertz CT molecular complexity index is 683. The number of hydrogen-bond donors (Lipinski definition) is 2. The van der Waals surface area contributed by atoms with Crippen molar-refractivity contribution >= 4 is 47.4 Å². The molecule has 0 saturated carbocycles. The third-order valence-electron chi connectivity index (χ3n) is 5.63. The van der Waals surface area contributed by atoms with Crippen LogP contribution in [0.25, 0.3) is 0 Å². The molecule has 8 nitrogen and oxygen atoms in total. The molecule has 2 atom stereocenters. The van der Waals surface area contributed by atoms with E-state index >= 15 is 0 Å². The third kappa shape index (κ3) is 7.76. The number of ether oxygens (including phenoxy) is 2. The minimum atomic E-state index is -0.211. The molecule has 2 fully saturated rings. The van der Waals surface area contributed by atoms with Crippen LogP contribution in [0, 0.1) is 0 Å². The van der Waals surface area contributed by atoms with E-state index in [9.17, 15) is 4.79 Å². The number of nitrogens with zero attached hydrogens (tertiary/aromatic N) is 3. The third-order valence-corrected chi connectivity index (χ3v) is 6.61. The highest BCUT2D eigenvalue weighted by Crippen LogP contribution is 2.26. The van der Waals surface area contributed by atoms with Crippen LogP contribution in [0.5, 0.6) is 0 Å². The summed E-state index contributed by atoms with van der Waals surface area (Å²) in [4.78, 5) is 21.9. The highest BCUT2D eigenvalue weighted by molar-refractivity contribution is 14.0. The predicted molar refractivity (Wildman–Crippen MR) is 136 cm³/mol. The van der Waals surface area contributed by atoms with E-state index in [2.05, 4.69) is 45.0 Å². The van der Waals surface area contributed by atoms with Crippen molar-refractivity contribution in [3.8, 4) is 0 Å². The number of halogens is 1. The van der Waals surface area contributed by atoms with Crippen LogP contribution in [0.15, 0.2) is 22.5 Å². The number of aliphatic imine (C=N–C) groups is 1. The highest BCUT2D eigenvalue weighted by Gasteiger charge is 2.27. The fourth-order valence-corrected chi connectivity index (χ4v) is 4.88. The van der Waals surface area contributed by atoms with E-state index in [4.69, 9.17) is 9.47 Å². The predicted octanol–water partition coefficient (Wildman–Crippen LogP) is 2.91.